The Balaban J connectivity index is 1.69. The number of benzene rings is 1. The molecule has 1 N–H and O–H groups in total. The smallest absolute Gasteiger partial charge is 0.316 e. The molecule has 3 aromatic rings. The van der Waals surface area contributed by atoms with Crippen molar-refractivity contribution in [1.29, 1.82) is 0 Å². The van der Waals surface area contributed by atoms with Gasteiger partial charge in [0, 0.05) is 48.5 Å². The van der Waals surface area contributed by atoms with Crippen molar-refractivity contribution in [2.45, 2.75) is 43.9 Å². The maximum absolute atomic E-state index is 14.7. The molecule has 1 aliphatic rings. The van der Waals surface area contributed by atoms with Gasteiger partial charge in [-0.05, 0) is 37.1 Å². The zero-order chi connectivity index (χ0) is 25.9. The maximum atomic E-state index is 14.7. The van der Waals surface area contributed by atoms with E-state index in [-0.39, 0.29) is 59.8 Å². The van der Waals surface area contributed by atoms with E-state index in [1.165, 1.54) is 12.3 Å². The van der Waals surface area contributed by atoms with Gasteiger partial charge >= 0.3 is 6.01 Å². The van der Waals surface area contributed by atoms with Crippen LogP contribution in [0.5, 0.6) is 6.01 Å². The van der Waals surface area contributed by atoms with Gasteiger partial charge in [-0.2, -0.15) is 0 Å². The summed E-state index contributed by atoms with van der Waals surface area (Å²) >= 11 is 0. The molecular formula is C24H20F6N4O2. The molecule has 0 spiro atoms. The number of anilines is 1. The number of carbonyl (C=O) groups excluding carboxylic acids is 1. The SMILES string of the molecule is O=C(Nc1c(-c2cc(F)ccc2F)ccnc1C1CCC(F)(F)CC1)c1cnc(OCC(F)F)nc1. The van der Waals surface area contributed by atoms with Crippen molar-refractivity contribution < 1.29 is 35.9 Å². The molecule has 0 unspecified atom stereocenters. The van der Waals surface area contributed by atoms with Crippen molar-refractivity contribution >= 4 is 11.6 Å². The van der Waals surface area contributed by atoms with Crippen LogP contribution in [0.4, 0.5) is 32.0 Å². The van der Waals surface area contributed by atoms with Gasteiger partial charge in [0.25, 0.3) is 12.3 Å². The van der Waals surface area contributed by atoms with Gasteiger partial charge in [0.2, 0.25) is 5.92 Å². The maximum Gasteiger partial charge on any atom is 0.316 e. The lowest BCUT2D eigenvalue weighted by Crippen LogP contribution is -2.25. The average Bonchev–Trinajstić information content (AvgIpc) is 2.85. The monoisotopic (exact) mass is 510 g/mol. The third kappa shape index (κ3) is 5.92. The van der Waals surface area contributed by atoms with Crippen LogP contribution in [0, 0.1) is 11.6 Å². The lowest BCUT2D eigenvalue weighted by molar-refractivity contribution is -0.0384. The van der Waals surface area contributed by atoms with Gasteiger partial charge < -0.3 is 10.1 Å². The Morgan fingerprint density at radius 2 is 1.75 bits per heavy atom. The predicted octanol–water partition coefficient (Wildman–Crippen LogP) is 6.01. The summed E-state index contributed by atoms with van der Waals surface area (Å²) in [5, 5.41) is 2.61. The number of hydrogen-bond acceptors (Lipinski definition) is 5. The molecule has 12 heteroatoms. The quantitative estimate of drug-likeness (QED) is 0.394. The van der Waals surface area contributed by atoms with Crippen LogP contribution in [-0.4, -0.2) is 39.8 Å². The summed E-state index contributed by atoms with van der Waals surface area (Å²) in [6.07, 6.45) is 0.107. The van der Waals surface area contributed by atoms with Gasteiger partial charge in [-0.1, -0.05) is 0 Å². The van der Waals surface area contributed by atoms with E-state index in [1.54, 1.807) is 0 Å². The average molecular weight is 510 g/mol. The molecule has 36 heavy (non-hydrogen) atoms. The summed E-state index contributed by atoms with van der Waals surface area (Å²) in [5.74, 6) is -5.51. The minimum atomic E-state index is -2.81. The normalized spacial score (nSPS) is 15.6. The first-order chi connectivity index (χ1) is 17.1. The third-order valence-corrected chi connectivity index (χ3v) is 5.77. The summed E-state index contributed by atoms with van der Waals surface area (Å²) in [4.78, 5) is 24.7. The topological polar surface area (TPSA) is 77.0 Å². The number of nitrogens with zero attached hydrogens (tertiary/aromatic N) is 3. The van der Waals surface area contributed by atoms with Gasteiger partial charge in [-0.3, -0.25) is 9.78 Å². The van der Waals surface area contributed by atoms with Crippen LogP contribution in [0.1, 0.15) is 47.7 Å². The molecule has 1 aromatic carbocycles. The summed E-state index contributed by atoms with van der Waals surface area (Å²) < 4.78 is 85.4. The first kappa shape index (κ1) is 25.4. The van der Waals surface area contributed by atoms with E-state index in [4.69, 9.17) is 0 Å². The lowest BCUT2D eigenvalue weighted by Gasteiger charge is -2.29. The van der Waals surface area contributed by atoms with E-state index in [0.29, 0.717) is 0 Å². The summed E-state index contributed by atoms with van der Waals surface area (Å²) in [6, 6.07) is 3.85. The molecule has 0 bridgehead atoms. The number of pyridine rings is 1. The number of amides is 1. The van der Waals surface area contributed by atoms with Crippen molar-refractivity contribution in [3.05, 3.63) is 65.7 Å². The summed E-state index contributed by atoms with van der Waals surface area (Å²) in [6.45, 7) is -0.923. The Kier molecular flexibility index (Phi) is 7.41. The van der Waals surface area contributed by atoms with Gasteiger partial charge in [0.1, 0.15) is 11.6 Å². The van der Waals surface area contributed by atoms with E-state index in [0.717, 1.165) is 30.6 Å². The zero-order valence-electron chi connectivity index (χ0n) is 18.7. The molecule has 0 radical (unpaired) electrons. The second kappa shape index (κ2) is 10.5. The Hall–Kier alpha value is -3.70. The van der Waals surface area contributed by atoms with Crippen LogP contribution in [0.25, 0.3) is 11.1 Å². The van der Waals surface area contributed by atoms with Crippen molar-refractivity contribution in [2.24, 2.45) is 0 Å². The highest BCUT2D eigenvalue weighted by Crippen LogP contribution is 2.44. The molecule has 6 nitrogen and oxygen atoms in total. The lowest BCUT2D eigenvalue weighted by atomic mass is 9.83. The van der Waals surface area contributed by atoms with Crippen molar-refractivity contribution in [2.75, 3.05) is 11.9 Å². The second-order valence-corrected chi connectivity index (χ2v) is 8.28. The number of alkyl halides is 4. The molecule has 0 saturated heterocycles. The molecule has 2 aromatic heterocycles. The second-order valence-electron chi connectivity index (χ2n) is 8.28. The predicted molar refractivity (Wildman–Crippen MR) is 117 cm³/mol. The number of ether oxygens (including phenoxy) is 1. The van der Waals surface area contributed by atoms with Crippen LogP contribution in [-0.2, 0) is 0 Å². The van der Waals surface area contributed by atoms with E-state index in [1.807, 2.05) is 0 Å². The first-order valence-corrected chi connectivity index (χ1v) is 11.0. The fourth-order valence-corrected chi connectivity index (χ4v) is 3.99. The minimum absolute atomic E-state index is 0.0419. The number of nitrogens with one attached hydrogen (secondary N) is 1. The number of halogens is 6. The Morgan fingerprint density at radius 3 is 2.42 bits per heavy atom. The van der Waals surface area contributed by atoms with E-state index in [9.17, 15) is 31.1 Å². The van der Waals surface area contributed by atoms with E-state index >= 15 is 0 Å². The Labute approximate surface area is 201 Å². The standard InChI is InChI=1S/C24H20F6N4O2/c25-15-1-2-18(26)17(9-15)16-5-8-31-20(13-3-6-24(29,30)7-4-13)21(16)34-22(35)14-10-32-23(33-11-14)36-12-19(27)28/h1-2,5,8-11,13,19H,3-4,6-7,12H2,(H,34,35). The molecule has 190 valence electrons. The fraction of sp³-hybridized carbons (Fsp3) is 0.333. The zero-order valence-corrected chi connectivity index (χ0v) is 18.7. The molecule has 2 heterocycles. The number of aromatic nitrogens is 3. The molecule has 1 saturated carbocycles. The highest BCUT2D eigenvalue weighted by molar-refractivity contribution is 6.06. The van der Waals surface area contributed by atoms with E-state index < -0.39 is 42.4 Å². The van der Waals surface area contributed by atoms with Gasteiger partial charge in [0.05, 0.1) is 16.9 Å². The van der Waals surface area contributed by atoms with Gasteiger partial charge in [-0.25, -0.2) is 36.3 Å². The molecule has 0 aliphatic heterocycles. The van der Waals surface area contributed by atoms with Crippen molar-refractivity contribution in [3.8, 4) is 17.1 Å². The number of carbonyl (C=O) groups is 1. The van der Waals surface area contributed by atoms with Crippen molar-refractivity contribution in [1.82, 2.24) is 15.0 Å². The van der Waals surface area contributed by atoms with Crippen LogP contribution >= 0.6 is 0 Å². The third-order valence-electron chi connectivity index (χ3n) is 5.77. The molecule has 0 atom stereocenters. The summed E-state index contributed by atoms with van der Waals surface area (Å²) in [7, 11) is 0. The highest BCUT2D eigenvalue weighted by Gasteiger charge is 2.37. The Bertz CT molecular complexity index is 1230. The molecule has 4 rings (SSSR count). The molecule has 1 aliphatic carbocycles. The van der Waals surface area contributed by atoms with E-state index in [2.05, 4.69) is 25.0 Å². The number of rotatable bonds is 7. The van der Waals surface area contributed by atoms with Crippen LogP contribution in [0.3, 0.4) is 0 Å². The summed E-state index contributed by atoms with van der Waals surface area (Å²) in [5.41, 5.74) is 0.177. The van der Waals surface area contributed by atoms with Crippen LogP contribution in [0.2, 0.25) is 0 Å². The number of hydrogen-bond donors (Lipinski definition) is 1. The molecule has 1 amide bonds. The fourth-order valence-electron chi connectivity index (χ4n) is 3.99. The highest BCUT2D eigenvalue weighted by atomic mass is 19.3. The largest absolute Gasteiger partial charge is 0.457 e. The van der Waals surface area contributed by atoms with Crippen molar-refractivity contribution in [3.63, 3.8) is 0 Å². The first-order valence-electron chi connectivity index (χ1n) is 11.0. The molecule has 1 fully saturated rings. The minimum Gasteiger partial charge on any atom is -0.457 e. The molecular weight excluding hydrogens is 490 g/mol. The Morgan fingerprint density at radius 1 is 1.06 bits per heavy atom. The van der Waals surface area contributed by atoms with Crippen LogP contribution in [0.15, 0.2) is 42.9 Å². The van der Waals surface area contributed by atoms with Gasteiger partial charge in [-0.15, -0.1) is 0 Å². The van der Waals surface area contributed by atoms with Crippen LogP contribution < -0.4 is 10.1 Å². The van der Waals surface area contributed by atoms with Gasteiger partial charge in [0.15, 0.2) is 6.61 Å².